The van der Waals surface area contributed by atoms with Gasteiger partial charge in [0.05, 0.1) is 11.9 Å². The third-order valence-corrected chi connectivity index (χ3v) is 5.37. The minimum absolute atomic E-state index is 0.140. The van der Waals surface area contributed by atoms with Crippen LogP contribution in [0.5, 0.6) is 5.75 Å². The van der Waals surface area contributed by atoms with Gasteiger partial charge in [-0.05, 0) is 44.3 Å². The lowest BCUT2D eigenvalue weighted by Gasteiger charge is -2.21. The van der Waals surface area contributed by atoms with Gasteiger partial charge in [0.1, 0.15) is 18.2 Å². The summed E-state index contributed by atoms with van der Waals surface area (Å²) in [6.07, 6.45) is 4.63. The molecule has 0 unspecified atom stereocenters. The van der Waals surface area contributed by atoms with Crippen LogP contribution in [0.4, 0.5) is 5.82 Å². The summed E-state index contributed by atoms with van der Waals surface area (Å²) in [4.78, 5) is 21.7. The third kappa shape index (κ3) is 4.49. The Balaban J connectivity index is 1.44. The fraction of sp³-hybridized carbons (Fsp3) is 0.304. The van der Waals surface area contributed by atoms with Crippen molar-refractivity contribution < 1.29 is 4.74 Å². The lowest BCUT2D eigenvalue weighted by atomic mass is 10.2. The molecule has 0 N–H and O–H groups in total. The van der Waals surface area contributed by atoms with Crippen LogP contribution in [0.1, 0.15) is 12.0 Å². The molecule has 6 nitrogen and oxygen atoms in total. The average molecular weight is 390 g/mol. The maximum absolute atomic E-state index is 12.6. The highest BCUT2D eigenvalue weighted by atomic mass is 16.5. The van der Waals surface area contributed by atoms with Crippen molar-refractivity contribution >= 4 is 5.82 Å². The minimum atomic E-state index is -0.140. The van der Waals surface area contributed by atoms with E-state index in [9.17, 15) is 4.79 Å². The highest BCUT2D eigenvalue weighted by molar-refractivity contribution is 5.44. The van der Waals surface area contributed by atoms with Crippen LogP contribution in [0.3, 0.4) is 0 Å². The van der Waals surface area contributed by atoms with Crippen LogP contribution >= 0.6 is 0 Å². The molecule has 29 heavy (non-hydrogen) atoms. The lowest BCUT2D eigenvalue weighted by molar-refractivity contribution is 0.305. The van der Waals surface area contributed by atoms with Gasteiger partial charge in [-0.1, -0.05) is 30.3 Å². The van der Waals surface area contributed by atoms with E-state index in [0.29, 0.717) is 18.4 Å². The van der Waals surface area contributed by atoms with E-state index in [0.717, 1.165) is 36.6 Å². The Kier molecular flexibility index (Phi) is 5.62. The number of hydrogen-bond acceptors (Lipinski definition) is 5. The third-order valence-electron chi connectivity index (χ3n) is 5.37. The second-order valence-electron chi connectivity index (χ2n) is 7.57. The van der Waals surface area contributed by atoms with E-state index >= 15 is 0 Å². The van der Waals surface area contributed by atoms with Crippen molar-refractivity contribution in [2.45, 2.75) is 19.1 Å². The van der Waals surface area contributed by atoms with Gasteiger partial charge in [-0.2, -0.15) is 0 Å². The zero-order valence-corrected chi connectivity index (χ0v) is 16.9. The average Bonchev–Trinajstić information content (AvgIpc) is 3.24. The van der Waals surface area contributed by atoms with Crippen molar-refractivity contribution in [2.75, 3.05) is 32.1 Å². The smallest absolute Gasteiger partial charge is 0.258 e. The SMILES string of the molecule is CN(C)[C@@H]1CCN(c2ccc(-n3ccc(OCc4ccccc4)cc3=O)cn2)C1. The molecule has 0 saturated carbocycles. The van der Waals surface area contributed by atoms with Gasteiger partial charge < -0.3 is 14.5 Å². The summed E-state index contributed by atoms with van der Waals surface area (Å²) in [5, 5.41) is 0. The van der Waals surface area contributed by atoms with E-state index < -0.39 is 0 Å². The number of benzene rings is 1. The first kappa shape index (κ1) is 19.2. The van der Waals surface area contributed by atoms with Gasteiger partial charge in [0, 0.05) is 31.4 Å². The summed E-state index contributed by atoms with van der Waals surface area (Å²) >= 11 is 0. The maximum Gasteiger partial charge on any atom is 0.258 e. The molecule has 1 atom stereocenters. The fourth-order valence-electron chi connectivity index (χ4n) is 3.58. The van der Waals surface area contributed by atoms with E-state index in [-0.39, 0.29) is 5.56 Å². The summed E-state index contributed by atoms with van der Waals surface area (Å²) in [5.74, 6) is 1.51. The molecule has 1 aliphatic rings. The van der Waals surface area contributed by atoms with Crippen LogP contribution in [-0.2, 0) is 6.61 Å². The Morgan fingerprint density at radius 1 is 1.14 bits per heavy atom. The van der Waals surface area contributed by atoms with Crippen LogP contribution in [0, 0.1) is 0 Å². The first-order valence-corrected chi connectivity index (χ1v) is 9.87. The molecule has 3 heterocycles. The lowest BCUT2D eigenvalue weighted by Crippen LogP contribution is -2.31. The highest BCUT2D eigenvalue weighted by Crippen LogP contribution is 2.21. The number of hydrogen-bond donors (Lipinski definition) is 0. The van der Waals surface area contributed by atoms with Crippen LogP contribution < -0.4 is 15.2 Å². The summed E-state index contributed by atoms with van der Waals surface area (Å²) in [7, 11) is 4.23. The number of anilines is 1. The van der Waals surface area contributed by atoms with Gasteiger partial charge in [0.25, 0.3) is 5.56 Å². The van der Waals surface area contributed by atoms with Crippen LogP contribution in [-0.4, -0.2) is 47.7 Å². The Labute approximate surface area is 171 Å². The second kappa shape index (κ2) is 8.49. The van der Waals surface area contributed by atoms with Crippen LogP contribution in [0.15, 0.2) is 71.8 Å². The van der Waals surface area contributed by atoms with E-state index in [4.69, 9.17) is 4.74 Å². The molecular formula is C23H26N4O2. The van der Waals surface area contributed by atoms with Crippen molar-refractivity contribution in [3.63, 3.8) is 0 Å². The topological polar surface area (TPSA) is 50.6 Å². The number of likely N-dealkylation sites (N-methyl/N-ethyl adjacent to an activating group) is 1. The molecule has 0 spiro atoms. The first-order valence-electron chi connectivity index (χ1n) is 9.87. The van der Waals surface area contributed by atoms with E-state index in [1.807, 2.05) is 42.5 Å². The van der Waals surface area contributed by atoms with Crippen molar-refractivity contribution in [2.24, 2.45) is 0 Å². The Bertz CT molecular complexity index is 999. The molecule has 1 saturated heterocycles. The van der Waals surface area contributed by atoms with Gasteiger partial charge in [-0.25, -0.2) is 4.98 Å². The van der Waals surface area contributed by atoms with Gasteiger partial charge in [0.2, 0.25) is 0 Å². The number of rotatable bonds is 6. The van der Waals surface area contributed by atoms with Crippen molar-refractivity contribution in [3.8, 4) is 11.4 Å². The minimum Gasteiger partial charge on any atom is -0.489 e. The normalized spacial score (nSPS) is 16.4. The molecule has 1 fully saturated rings. The number of nitrogens with zero attached hydrogens (tertiary/aromatic N) is 4. The zero-order chi connectivity index (χ0) is 20.2. The molecule has 2 aromatic heterocycles. The predicted octanol–water partition coefficient (Wildman–Crippen LogP) is 2.95. The first-order chi connectivity index (χ1) is 14.1. The molecule has 6 heteroatoms. The molecular weight excluding hydrogens is 364 g/mol. The van der Waals surface area contributed by atoms with Gasteiger partial charge in [-0.3, -0.25) is 9.36 Å². The van der Waals surface area contributed by atoms with Crippen molar-refractivity contribution in [1.82, 2.24) is 14.5 Å². The van der Waals surface area contributed by atoms with Crippen LogP contribution in [0.2, 0.25) is 0 Å². The quantitative estimate of drug-likeness (QED) is 0.648. The molecule has 0 amide bonds. The predicted molar refractivity (Wildman–Crippen MR) is 115 cm³/mol. The molecule has 150 valence electrons. The Hall–Kier alpha value is -3.12. The van der Waals surface area contributed by atoms with Gasteiger partial charge in [0.15, 0.2) is 0 Å². The van der Waals surface area contributed by atoms with Gasteiger partial charge in [-0.15, -0.1) is 0 Å². The largest absolute Gasteiger partial charge is 0.489 e. The number of pyridine rings is 2. The Morgan fingerprint density at radius 3 is 2.62 bits per heavy atom. The molecule has 1 aliphatic heterocycles. The summed E-state index contributed by atoms with van der Waals surface area (Å²) < 4.78 is 7.32. The number of ether oxygens (including phenoxy) is 1. The number of aromatic nitrogens is 2. The summed E-state index contributed by atoms with van der Waals surface area (Å²) in [6.45, 7) is 2.42. The van der Waals surface area contributed by atoms with E-state index in [1.165, 1.54) is 6.07 Å². The standard InChI is InChI=1S/C23H26N4O2/c1-25(2)20-10-12-26(16-20)22-9-8-19(15-24-22)27-13-11-21(14-23(27)28)29-17-18-6-4-3-5-7-18/h3-9,11,13-15,20H,10,12,16-17H2,1-2H3/t20-/m1/s1. The highest BCUT2D eigenvalue weighted by Gasteiger charge is 2.24. The monoisotopic (exact) mass is 390 g/mol. The van der Waals surface area contributed by atoms with E-state index in [2.05, 4.69) is 28.9 Å². The Morgan fingerprint density at radius 2 is 1.97 bits per heavy atom. The summed E-state index contributed by atoms with van der Waals surface area (Å²) in [5.41, 5.74) is 1.67. The molecule has 0 bridgehead atoms. The molecule has 0 radical (unpaired) electrons. The van der Waals surface area contributed by atoms with E-state index in [1.54, 1.807) is 23.0 Å². The van der Waals surface area contributed by atoms with Gasteiger partial charge >= 0.3 is 0 Å². The second-order valence-corrected chi connectivity index (χ2v) is 7.57. The summed E-state index contributed by atoms with van der Waals surface area (Å²) in [6, 6.07) is 17.7. The van der Waals surface area contributed by atoms with Crippen molar-refractivity contribution in [3.05, 3.63) is 82.9 Å². The van der Waals surface area contributed by atoms with Crippen molar-refractivity contribution in [1.29, 1.82) is 0 Å². The van der Waals surface area contributed by atoms with Crippen LogP contribution in [0.25, 0.3) is 5.69 Å². The fourth-order valence-corrected chi connectivity index (χ4v) is 3.58. The molecule has 1 aromatic carbocycles. The maximum atomic E-state index is 12.6. The zero-order valence-electron chi connectivity index (χ0n) is 16.9. The molecule has 0 aliphatic carbocycles. The molecule has 3 aromatic rings. The molecule has 4 rings (SSSR count).